The summed E-state index contributed by atoms with van der Waals surface area (Å²) in [5, 5.41) is 6.36. The molecular weight excluding hydrogens is 270 g/mol. The van der Waals surface area contributed by atoms with Crippen molar-refractivity contribution in [2.24, 2.45) is 0 Å². The molecule has 2 aromatic carbocycles. The first-order valence-electron chi connectivity index (χ1n) is 7.25. The Bertz CT molecular complexity index is 556. The topological polar surface area (TPSA) is 21.3 Å². The van der Waals surface area contributed by atoms with Crippen LogP contribution in [0.3, 0.4) is 0 Å². The molecule has 0 saturated heterocycles. The molecule has 0 aromatic heterocycles. The summed E-state index contributed by atoms with van der Waals surface area (Å²) >= 11 is 6.20. The van der Waals surface area contributed by atoms with Gasteiger partial charge in [0, 0.05) is 21.8 Å². The Hall–Kier alpha value is -1.25. The lowest BCUT2D eigenvalue weighted by Crippen LogP contribution is -2.27. The van der Waals surface area contributed by atoms with Crippen LogP contribution in [0.5, 0.6) is 5.75 Å². The van der Waals surface area contributed by atoms with E-state index in [0.29, 0.717) is 6.04 Å². The van der Waals surface area contributed by atoms with Gasteiger partial charge in [0.25, 0.3) is 0 Å². The lowest BCUT2D eigenvalue weighted by molar-refractivity contribution is 0.308. The zero-order valence-electron chi connectivity index (χ0n) is 12.2. The molecule has 0 fully saturated rings. The van der Waals surface area contributed by atoms with Crippen LogP contribution >= 0.6 is 11.6 Å². The second kappa shape index (κ2) is 7.51. The number of halogens is 1. The molecule has 1 atom stereocenters. The highest BCUT2D eigenvalue weighted by atomic mass is 35.5. The molecule has 0 saturated carbocycles. The molecule has 108 valence electrons. The molecule has 0 amide bonds. The fourth-order valence-corrected chi connectivity index (χ4v) is 2.34. The quantitative estimate of drug-likeness (QED) is 0.750. The smallest absolute Gasteiger partial charge is 0.127 e. The van der Waals surface area contributed by atoms with Gasteiger partial charge < -0.3 is 10.1 Å². The highest BCUT2D eigenvalue weighted by molar-refractivity contribution is 6.35. The molecule has 0 spiro atoms. The standard InChI is InChI=1S/C17H22ClNO/c1-3-13(2)19-11-6-12-20-17-10-9-16(18)14-7-4-5-8-15(14)17/h4-5,7-10,13,19H,3,6,11-12H2,1-2H3. The van der Waals surface area contributed by atoms with Crippen LogP contribution in [0.25, 0.3) is 10.8 Å². The summed E-state index contributed by atoms with van der Waals surface area (Å²) < 4.78 is 5.89. The van der Waals surface area contributed by atoms with Gasteiger partial charge >= 0.3 is 0 Å². The summed E-state index contributed by atoms with van der Waals surface area (Å²) in [5.41, 5.74) is 0. The molecule has 2 nitrogen and oxygen atoms in total. The van der Waals surface area contributed by atoms with Gasteiger partial charge in [-0.05, 0) is 38.4 Å². The molecule has 3 heteroatoms. The van der Waals surface area contributed by atoms with Crippen molar-refractivity contribution in [2.45, 2.75) is 32.7 Å². The third-order valence-corrected chi connectivity index (χ3v) is 3.84. The number of rotatable bonds is 7. The van der Waals surface area contributed by atoms with Crippen molar-refractivity contribution < 1.29 is 4.74 Å². The molecule has 20 heavy (non-hydrogen) atoms. The average molecular weight is 292 g/mol. The van der Waals surface area contributed by atoms with Gasteiger partial charge in [-0.1, -0.05) is 42.8 Å². The second-order valence-electron chi connectivity index (χ2n) is 5.06. The van der Waals surface area contributed by atoms with Crippen molar-refractivity contribution in [1.29, 1.82) is 0 Å². The Morgan fingerprint density at radius 1 is 1.15 bits per heavy atom. The highest BCUT2D eigenvalue weighted by Gasteiger charge is 2.05. The molecule has 0 aliphatic rings. The van der Waals surface area contributed by atoms with Crippen LogP contribution < -0.4 is 10.1 Å². The van der Waals surface area contributed by atoms with Gasteiger partial charge in [-0.25, -0.2) is 0 Å². The predicted molar refractivity (Wildman–Crippen MR) is 86.8 cm³/mol. The Morgan fingerprint density at radius 2 is 1.90 bits per heavy atom. The van der Waals surface area contributed by atoms with Gasteiger partial charge in [-0.2, -0.15) is 0 Å². The van der Waals surface area contributed by atoms with E-state index in [9.17, 15) is 0 Å². The number of ether oxygens (including phenoxy) is 1. The average Bonchev–Trinajstić information content (AvgIpc) is 2.49. The van der Waals surface area contributed by atoms with E-state index in [0.717, 1.165) is 47.5 Å². The minimum absolute atomic E-state index is 0.575. The number of hydrogen-bond acceptors (Lipinski definition) is 2. The Kier molecular flexibility index (Phi) is 5.69. The molecule has 0 bridgehead atoms. The van der Waals surface area contributed by atoms with Crippen LogP contribution in [0.15, 0.2) is 36.4 Å². The second-order valence-corrected chi connectivity index (χ2v) is 5.46. The number of fused-ring (bicyclic) bond motifs is 1. The van der Waals surface area contributed by atoms with E-state index in [4.69, 9.17) is 16.3 Å². The summed E-state index contributed by atoms with van der Waals surface area (Å²) in [7, 11) is 0. The zero-order valence-corrected chi connectivity index (χ0v) is 12.9. The van der Waals surface area contributed by atoms with Crippen molar-refractivity contribution in [3.8, 4) is 5.75 Å². The largest absolute Gasteiger partial charge is 0.493 e. The zero-order chi connectivity index (χ0) is 14.4. The summed E-state index contributed by atoms with van der Waals surface area (Å²) in [6.07, 6.45) is 2.16. The first kappa shape index (κ1) is 15.1. The minimum atomic E-state index is 0.575. The Balaban J connectivity index is 1.92. The molecule has 1 N–H and O–H groups in total. The normalized spacial score (nSPS) is 12.6. The maximum Gasteiger partial charge on any atom is 0.127 e. The monoisotopic (exact) mass is 291 g/mol. The fraction of sp³-hybridized carbons (Fsp3) is 0.412. The molecule has 2 rings (SSSR count). The van der Waals surface area contributed by atoms with Gasteiger partial charge in [0.2, 0.25) is 0 Å². The Labute approximate surface area is 126 Å². The molecule has 0 heterocycles. The van der Waals surface area contributed by atoms with E-state index in [1.54, 1.807) is 0 Å². The summed E-state index contributed by atoms with van der Waals surface area (Å²) in [6, 6.07) is 12.5. The van der Waals surface area contributed by atoms with Gasteiger partial charge in [-0.15, -0.1) is 0 Å². The first-order chi connectivity index (χ1) is 9.72. The molecule has 0 aliphatic heterocycles. The molecule has 0 aliphatic carbocycles. The van der Waals surface area contributed by atoms with Crippen molar-refractivity contribution >= 4 is 22.4 Å². The van der Waals surface area contributed by atoms with Crippen LogP contribution in [0.4, 0.5) is 0 Å². The molecular formula is C17H22ClNO. The summed E-state index contributed by atoms with van der Waals surface area (Å²) in [4.78, 5) is 0. The molecule has 2 aromatic rings. The van der Waals surface area contributed by atoms with Crippen molar-refractivity contribution in [3.63, 3.8) is 0 Å². The van der Waals surface area contributed by atoms with Crippen LogP contribution in [0, 0.1) is 0 Å². The number of hydrogen-bond donors (Lipinski definition) is 1. The number of nitrogens with one attached hydrogen (secondary N) is 1. The van der Waals surface area contributed by atoms with Gasteiger partial charge in [-0.3, -0.25) is 0 Å². The summed E-state index contributed by atoms with van der Waals surface area (Å²) in [5.74, 6) is 0.911. The van der Waals surface area contributed by atoms with E-state index in [-0.39, 0.29) is 0 Å². The van der Waals surface area contributed by atoms with Crippen LogP contribution in [-0.4, -0.2) is 19.2 Å². The van der Waals surface area contributed by atoms with Crippen LogP contribution in [0.2, 0.25) is 5.02 Å². The van der Waals surface area contributed by atoms with Crippen molar-refractivity contribution in [3.05, 3.63) is 41.4 Å². The fourth-order valence-electron chi connectivity index (χ4n) is 2.11. The summed E-state index contributed by atoms with van der Waals surface area (Å²) in [6.45, 7) is 6.09. The van der Waals surface area contributed by atoms with Gasteiger partial charge in [0.05, 0.1) is 6.61 Å². The van der Waals surface area contributed by atoms with E-state index < -0.39 is 0 Å². The van der Waals surface area contributed by atoms with E-state index in [1.165, 1.54) is 0 Å². The van der Waals surface area contributed by atoms with Crippen LogP contribution in [-0.2, 0) is 0 Å². The molecule has 1 unspecified atom stereocenters. The third kappa shape index (κ3) is 3.87. The first-order valence-corrected chi connectivity index (χ1v) is 7.63. The van der Waals surface area contributed by atoms with E-state index in [2.05, 4.69) is 19.2 Å². The van der Waals surface area contributed by atoms with Crippen molar-refractivity contribution in [1.82, 2.24) is 5.32 Å². The Morgan fingerprint density at radius 3 is 2.65 bits per heavy atom. The number of benzene rings is 2. The van der Waals surface area contributed by atoms with Gasteiger partial charge in [0.1, 0.15) is 5.75 Å². The van der Waals surface area contributed by atoms with E-state index >= 15 is 0 Å². The SMILES string of the molecule is CCC(C)NCCCOc1ccc(Cl)c2ccccc12. The van der Waals surface area contributed by atoms with Crippen LogP contribution in [0.1, 0.15) is 26.7 Å². The maximum absolute atomic E-state index is 6.20. The maximum atomic E-state index is 6.20. The minimum Gasteiger partial charge on any atom is -0.493 e. The predicted octanol–water partition coefficient (Wildman–Crippen LogP) is 4.65. The molecule has 0 radical (unpaired) electrons. The lowest BCUT2D eigenvalue weighted by atomic mass is 10.1. The van der Waals surface area contributed by atoms with Gasteiger partial charge in [0.15, 0.2) is 0 Å². The highest BCUT2D eigenvalue weighted by Crippen LogP contribution is 2.31. The lowest BCUT2D eigenvalue weighted by Gasteiger charge is -2.13. The van der Waals surface area contributed by atoms with Crippen molar-refractivity contribution in [2.75, 3.05) is 13.2 Å². The third-order valence-electron chi connectivity index (χ3n) is 3.51. The van der Waals surface area contributed by atoms with E-state index in [1.807, 2.05) is 36.4 Å².